The van der Waals surface area contributed by atoms with Crippen molar-refractivity contribution in [3.05, 3.63) is 66.0 Å². The van der Waals surface area contributed by atoms with Gasteiger partial charge in [-0.3, -0.25) is 4.79 Å². The van der Waals surface area contributed by atoms with Crippen LogP contribution in [0.25, 0.3) is 11.0 Å². The van der Waals surface area contributed by atoms with Gasteiger partial charge in [-0.25, -0.2) is 4.98 Å². The van der Waals surface area contributed by atoms with Crippen molar-refractivity contribution in [1.82, 2.24) is 14.9 Å². The molecule has 1 atom stereocenters. The van der Waals surface area contributed by atoms with Crippen molar-refractivity contribution in [3.8, 4) is 0 Å². The molecule has 0 saturated heterocycles. The molecule has 0 unspecified atom stereocenters. The molecule has 4 nitrogen and oxygen atoms in total. The van der Waals surface area contributed by atoms with Gasteiger partial charge in [0, 0.05) is 12.1 Å². The summed E-state index contributed by atoms with van der Waals surface area (Å²) >= 11 is 0. The molecule has 28 heavy (non-hydrogen) atoms. The topological polar surface area (TPSA) is 46.9 Å². The zero-order valence-corrected chi connectivity index (χ0v) is 16.6. The number of benzene rings is 2. The van der Waals surface area contributed by atoms with E-state index >= 15 is 0 Å². The molecular weight excluding hydrogens is 346 g/mol. The number of carbonyl (C=O) groups excluding carboxylic acids is 1. The average molecular weight is 376 g/mol. The number of nitrogens with zero attached hydrogens (tertiary/aromatic N) is 2. The highest BCUT2D eigenvalue weighted by molar-refractivity contribution is 5.97. The fourth-order valence-corrected chi connectivity index (χ4v) is 4.35. The van der Waals surface area contributed by atoms with Crippen molar-refractivity contribution in [2.24, 2.45) is 5.92 Å². The molecule has 1 aromatic heterocycles. The van der Waals surface area contributed by atoms with Crippen molar-refractivity contribution in [3.63, 3.8) is 0 Å². The van der Waals surface area contributed by atoms with E-state index in [0.29, 0.717) is 5.56 Å². The highest BCUT2D eigenvalue weighted by atomic mass is 16.1. The molecule has 0 spiro atoms. The molecule has 1 fully saturated rings. The molecule has 1 aliphatic rings. The minimum Gasteiger partial charge on any atom is -0.345 e. The fraction of sp³-hybridized carbons (Fsp3) is 0.417. The van der Waals surface area contributed by atoms with Crippen molar-refractivity contribution in [1.29, 1.82) is 0 Å². The van der Waals surface area contributed by atoms with E-state index in [-0.39, 0.29) is 11.9 Å². The summed E-state index contributed by atoms with van der Waals surface area (Å²) < 4.78 is 2.26. The molecule has 0 radical (unpaired) electrons. The quantitative estimate of drug-likeness (QED) is 0.618. The Morgan fingerprint density at radius 1 is 1.14 bits per heavy atom. The summed E-state index contributed by atoms with van der Waals surface area (Å²) in [5.41, 5.74) is 3.83. The summed E-state index contributed by atoms with van der Waals surface area (Å²) in [6.45, 7) is 3.13. The molecule has 4 heteroatoms. The Morgan fingerprint density at radius 2 is 1.93 bits per heavy atom. The third-order valence-corrected chi connectivity index (χ3v) is 5.98. The second-order valence-corrected chi connectivity index (χ2v) is 7.95. The van der Waals surface area contributed by atoms with Crippen LogP contribution in [0, 0.1) is 5.92 Å². The smallest absolute Gasteiger partial charge is 0.251 e. The minimum absolute atomic E-state index is 0.0215. The third kappa shape index (κ3) is 4.11. The Morgan fingerprint density at radius 3 is 2.68 bits per heavy atom. The molecule has 0 aliphatic heterocycles. The molecule has 1 aliphatic carbocycles. The number of amides is 1. The van der Waals surface area contributed by atoms with Crippen molar-refractivity contribution < 1.29 is 4.79 Å². The maximum absolute atomic E-state index is 12.8. The normalized spacial score (nSPS) is 16.2. The van der Waals surface area contributed by atoms with Crippen molar-refractivity contribution in [2.45, 2.75) is 58.0 Å². The second-order valence-electron chi connectivity index (χ2n) is 7.95. The SMILES string of the molecule is CC[C@@H](NC(=O)c1ccc2c(c1)ncn2CC1CCCCC1)c1ccccc1. The lowest BCUT2D eigenvalue weighted by molar-refractivity contribution is 0.0935. The van der Waals surface area contributed by atoms with E-state index in [9.17, 15) is 4.79 Å². The number of rotatable bonds is 6. The Bertz CT molecular complexity index is 925. The first-order chi connectivity index (χ1) is 13.7. The van der Waals surface area contributed by atoms with Crippen molar-refractivity contribution in [2.75, 3.05) is 0 Å². The monoisotopic (exact) mass is 375 g/mol. The van der Waals surface area contributed by atoms with E-state index in [1.807, 2.05) is 42.7 Å². The van der Waals surface area contributed by atoms with Gasteiger partial charge < -0.3 is 9.88 Å². The lowest BCUT2D eigenvalue weighted by Crippen LogP contribution is -2.28. The summed E-state index contributed by atoms with van der Waals surface area (Å²) in [6, 6.07) is 16.0. The van der Waals surface area contributed by atoms with Gasteiger partial charge in [-0.2, -0.15) is 0 Å². The van der Waals surface area contributed by atoms with Crippen LogP contribution in [0.4, 0.5) is 0 Å². The predicted molar refractivity (Wildman–Crippen MR) is 113 cm³/mol. The van der Waals surface area contributed by atoms with Gasteiger partial charge in [0.05, 0.1) is 23.4 Å². The number of hydrogen-bond donors (Lipinski definition) is 1. The highest BCUT2D eigenvalue weighted by Gasteiger charge is 2.17. The predicted octanol–water partition coefficient (Wildman–Crippen LogP) is 5.50. The summed E-state index contributed by atoms with van der Waals surface area (Å²) in [6.07, 6.45) is 9.49. The number of nitrogens with one attached hydrogen (secondary N) is 1. The molecule has 1 heterocycles. The molecule has 1 saturated carbocycles. The molecular formula is C24H29N3O. The average Bonchev–Trinajstić information content (AvgIpc) is 3.15. The first-order valence-electron chi connectivity index (χ1n) is 10.6. The maximum atomic E-state index is 12.8. The van der Waals surface area contributed by atoms with E-state index in [4.69, 9.17) is 0 Å². The van der Waals surface area contributed by atoms with E-state index in [2.05, 4.69) is 33.9 Å². The molecule has 146 valence electrons. The number of aromatic nitrogens is 2. The summed E-state index contributed by atoms with van der Waals surface area (Å²) in [5, 5.41) is 3.16. The van der Waals surface area contributed by atoms with Gasteiger partial charge in [0.15, 0.2) is 0 Å². The maximum Gasteiger partial charge on any atom is 0.251 e. The lowest BCUT2D eigenvalue weighted by atomic mass is 9.89. The van der Waals surface area contributed by atoms with E-state index < -0.39 is 0 Å². The highest BCUT2D eigenvalue weighted by Crippen LogP contribution is 2.26. The summed E-state index contributed by atoms with van der Waals surface area (Å²) in [7, 11) is 0. The first-order valence-corrected chi connectivity index (χ1v) is 10.6. The van der Waals surface area contributed by atoms with E-state index in [1.54, 1.807) is 0 Å². The molecule has 1 N–H and O–H groups in total. The Hall–Kier alpha value is -2.62. The third-order valence-electron chi connectivity index (χ3n) is 5.98. The largest absolute Gasteiger partial charge is 0.345 e. The van der Waals surface area contributed by atoms with Gasteiger partial charge in [0.25, 0.3) is 5.91 Å². The zero-order valence-electron chi connectivity index (χ0n) is 16.6. The molecule has 1 amide bonds. The zero-order chi connectivity index (χ0) is 19.3. The van der Waals surface area contributed by atoms with Crippen LogP contribution >= 0.6 is 0 Å². The van der Waals surface area contributed by atoms with Crippen LogP contribution < -0.4 is 5.32 Å². The van der Waals surface area contributed by atoms with E-state index in [0.717, 1.165) is 35.5 Å². The molecule has 2 aromatic carbocycles. The Labute approximate surface area is 167 Å². The van der Waals surface area contributed by atoms with Crippen LogP contribution in [0.5, 0.6) is 0 Å². The fourth-order valence-electron chi connectivity index (χ4n) is 4.35. The van der Waals surface area contributed by atoms with Crippen LogP contribution in [0.1, 0.15) is 67.4 Å². The number of imidazole rings is 1. The number of fused-ring (bicyclic) bond motifs is 1. The van der Waals surface area contributed by atoms with Gasteiger partial charge in [0.2, 0.25) is 0 Å². The van der Waals surface area contributed by atoms with Crippen LogP contribution in [-0.4, -0.2) is 15.5 Å². The van der Waals surface area contributed by atoms with Gasteiger partial charge in [-0.1, -0.05) is 56.5 Å². The van der Waals surface area contributed by atoms with Crippen LogP contribution in [0.2, 0.25) is 0 Å². The van der Waals surface area contributed by atoms with E-state index in [1.165, 1.54) is 32.1 Å². The molecule has 4 rings (SSSR count). The van der Waals surface area contributed by atoms with Gasteiger partial charge in [0.1, 0.15) is 0 Å². The van der Waals surface area contributed by atoms with Crippen LogP contribution in [-0.2, 0) is 6.54 Å². The minimum atomic E-state index is -0.0422. The first kappa shape index (κ1) is 18.7. The van der Waals surface area contributed by atoms with Crippen LogP contribution in [0.15, 0.2) is 54.9 Å². The van der Waals surface area contributed by atoms with Gasteiger partial charge in [-0.05, 0) is 48.9 Å². The lowest BCUT2D eigenvalue weighted by Gasteiger charge is -2.22. The standard InChI is InChI=1S/C24H29N3O/c1-2-21(19-11-7-4-8-12-19)26-24(28)20-13-14-23-22(15-20)25-17-27(23)16-18-9-5-3-6-10-18/h4,7-8,11-15,17-18,21H,2-3,5-6,9-10,16H2,1H3,(H,26,28)/t21-/m1/s1. The molecule has 0 bridgehead atoms. The van der Waals surface area contributed by atoms with Crippen LogP contribution in [0.3, 0.4) is 0 Å². The number of hydrogen-bond acceptors (Lipinski definition) is 2. The Kier molecular flexibility index (Phi) is 5.75. The second kappa shape index (κ2) is 8.59. The Balaban J connectivity index is 1.49. The summed E-state index contributed by atoms with van der Waals surface area (Å²) in [4.78, 5) is 17.4. The van der Waals surface area contributed by atoms with Crippen molar-refractivity contribution >= 4 is 16.9 Å². The van der Waals surface area contributed by atoms with Gasteiger partial charge in [-0.15, -0.1) is 0 Å². The molecule has 3 aromatic rings. The van der Waals surface area contributed by atoms with Gasteiger partial charge >= 0.3 is 0 Å². The number of carbonyl (C=O) groups is 1. The summed E-state index contributed by atoms with van der Waals surface area (Å²) in [5.74, 6) is 0.713.